The zero-order valence-electron chi connectivity index (χ0n) is 13.0. The SMILES string of the molecule is CC(C=O)N(Nc1ccc(F)cc1Nc1cc(F)cc(F)c1)C(=O)O. The second-order valence-electron chi connectivity index (χ2n) is 5.11. The van der Waals surface area contributed by atoms with Crippen LogP contribution in [0.2, 0.25) is 0 Å². The normalized spacial score (nSPS) is 11.5. The quantitative estimate of drug-likeness (QED) is 0.544. The molecule has 2 rings (SSSR count). The maximum absolute atomic E-state index is 13.5. The Kier molecular flexibility index (Phi) is 5.48. The highest BCUT2D eigenvalue weighted by atomic mass is 19.1. The molecule has 0 aliphatic carbocycles. The van der Waals surface area contributed by atoms with Gasteiger partial charge >= 0.3 is 6.09 Å². The first kappa shape index (κ1) is 18.1. The van der Waals surface area contributed by atoms with Gasteiger partial charge in [0.25, 0.3) is 0 Å². The monoisotopic (exact) mass is 353 g/mol. The lowest BCUT2D eigenvalue weighted by Gasteiger charge is -2.25. The number of aldehydes is 1. The van der Waals surface area contributed by atoms with Gasteiger partial charge in [-0.25, -0.2) is 23.0 Å². The Hall–Kier alpha value is -3.23. The first-order valence-corrected chi connectivity index (χ1v) is 7.07. The summed E-state index contributed by atoms with van der Waals surface area (Å²) in [6.07, 6.45) is -1.04. The summed E-state index contributed by atoms with van der Waals surface area (Å²) in [5.41, 5.74) is 2.56. The van der Waals surface area contributed by atoms with Crippen LogP contribution in [-0.2, 0) is 4.79 Å². The third-order valence-corrected chi connectivity index (χ3v) is 3.17. The fraction of sp³-hybridized carbons (Fsp3) is 0.125. The molecule has 1 amide bonds. The van der Waals surface area contributed by atoms with Crippen LogP contribution >= 0.6 is 0 Å². The molecule has 2 aromatic rings. The lowest BCUT2D eigenvalue weighted by Crippen LogP contribution is -2.43. The van der Waals surface area contributed by atoms with Gasteiger partial charge in [0.1, 0.15) is 29.8 Å². The van der Waals surface area contributed by atoms with Crippen LogP contribution in [0.4, 0.5) is 35.0 Å². The van der Waals surface area contributed by atoms with Crippen molar-refractivity contribution in [1.29, 1.82) is 0 Å². The molecule has 0 aliphatic rings. The predicted octanol–water partition coefficient (Wildman–Crippen LogP) is 3.74. The summed E-state index contributed by atoms with van der Waals surface area (Å²) >= 11 is 0. The summed E-state index contributed by atoms with van der Waals surface area (Å²) in [6, 6.07) is 4.92. The molecule has 0 heterocycles. The standard InChI is InChI=1S/C16H14F3N3O3/c1-9(8-23)22(16(24)25)21-14-3-2-10(17)7-15(14)20-13-5-11(18)4-12(19)6-13/h2-9,20-21H,1H3,(H,24,25). The van der Waals surface area contributed by atoms with Gasteiger partial charge in [0, 0.05) is 11.8 Å². The molecule has 25 heavy (non-hydrogen) atoms. The van der Waals surface area contributed by atoms with Crippen molar-refractivity contribution in [3.05, 3.63) is 53.8 Å². The number of hydrazine groups is 1. The van der Waals surface area contributed by atoms with Crippen molar-refractivity contribution in [1.82, 2.24) is 5.01 Å². The number of anilines is 3. The van der Waals surface area contributed by atoms with Gasteiger partial charge < -0.3 is 15.2 Å². The van der Waals surface area contributed by atoms with Gasteiger partial charge in [0.15, 0.2) is 0 Å². The molecule has 0 aliphatic heterocycles. The van der Waals surface area contributed by atoms with Crippen LogP contribution in [0.15, 0.2) is 36.4 Å². The second kappa shape index (κ2) is 7.56. The van der Waals surface area contributed by atoms with Crippen molar-refractivity contribution in [3.8, 4) is 0 Å². The maximum Gasteiger partial charge on any atom is 0.426 e. The summed E-state index contributed by atoms with van der Waals surface area (Å²) < 4.78 is 40.1. The third-order valence-electron chi connectivity index (χ3n) is 3.17. The minimum atomic E-state index is -1.44. The molecule has 0 aromatic heterocycles. The number of carbonyl (C=O) groups excluding carboxylic acids is 1. The van der Waals surface area contributed by atoms with E-state index in [0.29, 0.717) is 17.4 Å². The molecule has 0 saturated heterocycles. The summed E-state index contributed by atoms with van der Waals surface area (Å²) in [5, 5.41) is 12.4. The topological polar surface area (TPSA) is 81.7 Å². The van der Waals surface area contributed by atoms with Gasteiger partial charge in [-0.05, 0) is 37.3 Å². The number of nitrogens with zero attached hydrogens (tertiary/aromatic N) is 1. The van der Waals surface area contributed by atoms with Gasteiger partial charge in [-0.1, -0.05) is 0 Å². The number of carbonyl (C=O) groups is 2. The Morgan fingerprint density at radius 3 is 2.28 bits per heavy atom. The number of amides is 1. The molecule has 0 fully saturated rings. The van der Waals surface area contributed by atoms with E-state index in [2.05, 4.69) is 10.7 Å². The van der Waals surface area contributed by atoms with E-state index in [1.807, 2.05) is 0 Å². The van der Waals surface area contributed by atoms with Crippen LogP contribution < -0.4 is 10.7 Å². The molecule has 3 N–H and O–H groups in total. The largest absolute Gasteiger partial charge is 0.464 e. The van der Waals surface area contributed by atoms with Crippen LogP contribution in [0.1, 0.15) is 6.92 Å². The third kappa shape index (κ3) is 4.63. The molecular weight excluding hydrogens is 339 g/mol. The highest BCUT2D eigenvalue weighted by Gasteiger charge is 2.20. The molecule has 2 aromatic carbocycles. The number of hydrogen-bond acceptors (Lipinski definition) is 4. The van der Waals surface area contributed by atoms with Gasteiger partial charge in [-0.15, -0.1) is 0 Å². The first-order valence-electron chi connectivity index (χ1n) is 7.07. The summed E-state index contributed by atoms with van der Waals surface area (Å²) in [7, 11) is 0. The molecule has 0 saturated carbocycles. The molecule has 0 bridgehead atoms. The molecule has 9 heteroatoms. The number of nitrogens with one attached hydrogen (secondary N) is 2. The van der Waals surface area contributed by atoms with Crippen molar-refractivity contribution in [2.45, 2.75) is 13.0 Å². The zero-order valence-corrected chi connectivity index (χ0v) is 13.0. The highest BCUT2D eigenvalue weighted by Crippen LogP contribution is 2.28. The molecular formula is C16H14F3N3O3. The van der Waals surface area contributed by atoms with Gasteiger partial charge in [0.2, 0.25) is 0 Å². The number of carboxylic acid groups (broad SMARTS) is 1. The Morgan fingerprint density at radius 2 is 1.72 bits per heavy atom. The van der Waals surface area contributed by atoms with Gasteiger partial charge in [-0.2, -0.15) is 0 Å². The van der Waals surface area contributed by atoms with Crippen molar-refractivity contribution >= 4 is 29.4 Å². The summed E-state index contributed by atoms with van der Waals surface area (Å²) in [6.45, 7) is 1.34. The fourth-order valence-corrected chi connectivity index (χ4v) is 2.01. The van der Waals surface area contributed by atoms with Crippen LogP contribution in [0, 0.1) is 17.5 Å². The van der Waals surface area contributed by atoms with Crippen molar-refractivity contribution in [2.24, 2.45) is 0 Å². The van der Waals surface area contributed by atoms with E-state index in [1.54, 1.807) is 0 Å². The van der Waals surface area contributed by atoms with Crippen LogP contribution in [-0.4, -0.2) is 28.5 Å². The highest BCUT2D eigenvalue weighted by molar-refractivity contribution is 5.78. The predicted molar refractivity (Wildman–Crippen MR) is 85.1 cm³/mol. The van der Waals surface area contributed by atoms with E-state index in [-0.39, 0.29) is 17.1 Å². The van der Waals surface area contributed by atoms with E-state index in [0.717, 1.165) is 24.3 Å². The Bertz CT molecular complexity index is 781. The Morgan fingerprint density at radius 1 is 1.08 bits per heavy atom. The average Bonchev–Trinajstić information content (AvgIpc) is 2.52. The first-order chi connectivity index (χ1) is 11.8. The maximum atomic E-state index is 13.5. The number of halogens is 3. The van der Waals surface area contributed by atoms with E-state index in [1.165, 1.54) is 13.0 Å². The zero-order chi connectivity index (χ0) is 18.6. The van der Waals surface area contributed by atoms with E-state index >= 15 is 0 Å². The summed E-state index contributed by atoms with van der Waals surface area (Å²) in [5.74, 6) is -2.33. The van der Waals surface area contributed by atoms with Crippen molar-refractivity contribution < 1.29 is 27.9 Å². The number of hydrogen-bond donors (Lipinski definition) is 3. The van der Waals surface area contributed by atoms with Crippen LogP contribution in [0.3, 0.4) is 0 Å². The second-order valence-corrected chi connectivity index (χ2v) is 5.11. The average molecular weight is 353 g/mol. The van der Waals surface area contributed by atoms with Gasteiger partial charge in [0.05, 0.1) is 11.4 Å². The fourth-order valence-electron chi connectivity index (χ4n) is 2.01. The lowest BCUT2D eigenvalue weighted by molar-refractivity contribution is -0.111. The van der Waals surface area contributed by atoms with Crippen molar-refractivity contribution in [3.63, 3.8) is 0 Å². The molecule has 0 spiro atoms. The molecule has 0 radical (unpaired) electrons. The summed E-state index contributed by atoms with van der Waals surface area (Å²) in [4.78, 5) is 22.1. The van der Waals surface area contributed by atoms with Crippen molar-refractivity contribution in [2.75, 3.05) is 10.7 Å². The minimum Gasteiger partial charge on any atom is -0.464 e. The number of benzene rings is 2. The molecule has 1 unspecified atom stereocenters. The van der Waals surface area contributed by atoms with Gasteiger partial charge in [-0.3, -0.25) is 5.43 Å². The van der Waals surface area contributed by atoms with E-state index in [9.17, 15) is 22.8 Å². The number of rotatable bonds is 6. The minimum absolute atomic E-state index is 0.00328. The smallest absolute Gasteiger partial charge is 0.426 e. The molecule has 6 nitrogen and oxygen atoms in total. The van der Waals surface area contributed by atoms with E-state index < -0.39 is 29.6 Å². The Labute approximate surface area is 140 Å². The van der Waals surface area contributed by atoms with E-state index in [4.69, 9.17) is 5.11 Å². The molecule has 132 valence electrons. The van der Waals surface area contributed by atoms with Crippen LogP contribution in [0.5, 0.6) is 0 Å². The Balaban J connectivity index is 2.36. The molecule has 1 atom stereocenters. The lowest BCUT2D eigenvalue weighted by atomic mass is 10.2. The van der Waals surface area contributed by atoms with Crippen LogP contribution in [0.25, 0.3) is 0 Å².